The number of hydrazine groups is 1. The number of hydrogen-bond acceptors (Lipinski definition) is 3. The molecular weight excluding hydrogens is 479 g/mol. The summed E-state index contributed by atoms with van der Waals surface area (Å²) < 4.78 is 22.1. The van der Waals surface area contributed by atoms with E-state index in [1.807, 2.05) is 18.2 Å². The van der Waals surface area contributed by atoms with Crippen LogP contribution in [0.4, 0.5) is 4.39 Å². The highest BCUT2D eigenvalue weighted by Crippen LogP contribution is 2.61. The van der Waals surface area contributed by atoms with Gasteiger partial charge in [0.2, 0.25) is 0 Å². The Bertz CT molecular complexity index is 933. The van der Waals surface area contributed by atoms with Gasteiger partial charge in [0, 0.05) is 20.4 Å². The van der Waals surface area contributed by atoms with Gasteiger partial charge in [-0.3, -0.25) is 15.2 Å². The quantitative estimate of drug-likeness (QED) is 0.612. The number of carbonyl (C=O) groups is 1. The van der Waals surface area contributed by atoms with Crippen molar-refractivity contribution in [2.75, 3.05) is 0 Å². The van der Waals surface area contributed by atoms with Crippen LogP contribution < -0.4 is 5.43 Å². The van der Waals surface area contributed by atoms with Gasteiger partial charge in [-0.1, -0.05) is 18.2 Å². The third-order valence-corrected chi connectivity index (χ3v) is 6.58. The number of nitrogens with zero attached hydrogens (tertiary/aromatic N) is 1. The first-order valence-corrected chi connectivity index (χ1v) is 9.88. The zero-order valence-electron chi connectivity index (χ0n) is 14.0. The first-order valence-electron chi connectivity index (χ1n) is 8.30. The van der Waals surface area contributed by atoms with Crippen LogP contribution in [0.2, 0.25) is 0 Å². The average molecular weight is 494 g/mol. The summed E-state index contributed by atoms with van der Waals surface area (Å²) in [5.74, 6) is -0.458. The number of carbonyl (C=O) groups excluding carboxylic acids is 1. The molecular formula is C20H15Br2FN2O2. The van der Waals surface area contributed by atoms with Crippen molar-refractivity contribution >= 4 is 37.8 Å². The minimum atomic E-state index is -1.39. The highest BCUT2D eigenvalue weighted by molar-refractivity contribution is 9.13. The summed E-state index contributed by atoms with van der Waals surface area (Å²) in [6.07, 6.45) is 6.49. The first-order chi connectivity index (χ1) is 13.0. The van der Waals surface area contributed by atoms with Gasteiger partial charge in [-0.25, -0.2) is 4.39 Å². The van der Waals surface area contributed by atoms with Crippen LogP contribution in [0.5, 0.6) is 0 Å². The van der Waals surface area contributed by atoms with E-state index in [2.05, 4.69) is 37.3 Å². The molecule has 2 atom stereocenters. The van der Waals surface area contributed by atoms with Crippen LogP contribution >= 0.6 is 31.9 Å². The SMILES string of the molecule is O=C(NN1C=COC=C1)c1ccc(C2(F)CC2c2ccc(Br)c(Br)c2)cc1. The molecule has 0 aromatic heterocycles. The Labute approximate surface area is 172 Å². The van der Waals surface area contributed by atoms with E-state index >= 15 is 4.39 Å². The molecule has 0 radical (unpaired) electrons. The molecule has 0 bridgehead atoms. The molecule has 138 valence electrons. The third kappa shape index (κ3) is 3.66. The number of alkyl halides is 1. The van der Waals surface area contributed by atoms with Crippen molar-refractivity contribution in [1.29, 1.82) is 0 Å². The summed E-state index contributed by atoms with van der Waals surface area (Å²) in [5, 5.41) is 1.48. The van der Waals surface area contributed by atoms with Crippen molar-refractivity contribution in [2.45, 2.75) is 18.0 Å². The van der Waals surface area contributed by atoms with Crippen LogP contribution in [-0.4, -0.2) is 10.9 Å². The maximum atomic E-state index is 15.4. The predicted molar refractivity (Wildman–Crippen MR) is 107 cm³/mol. The highest BCUT2D eigenvalue weighted by Gasteiger charge is 2.57. The van der Waals surface area contributed by atoms with Crippen molar-refractivity contribution in [2.24, 2.45) is 0 Å². The lowest BCUT2D eigenvalue weighted by molar-refractivity contribution is 0.0879. The smallest absolute Gasteiger partial charge is 0.270 e. The van der Waals surface area contributed by atoms with Gasteiger partial charge in [-0.05, 0) is 73.7 Å². The lowest BCUT2D eigenvalue weighted by Crippen LogP contribution is -2.35. The van der Waals surface area contributed by atoms with Crippen LogP contribution in [0.15, 0.2) is 76.3 Å². The number of ether oxygens (including phenoxy) is 1. The molecule has 7 heteroatoms. The fourth-order valence-electron chi connectivity index (χ4n) is 3.12. The summed E-state index contributed by atoms with van der Waals surface area (Å²) in [5.41, 5.74) is 3.31. The number of amides is 1. The largest absolute Gasteiger partial charge is 0.469 e. The van der Waals surface area contributed by atoms with Crippen LogP contribution in [0, 0.1) is 0 Å². The average Bonchev–Trinajstić information content (AvgIpc) is 3.38. The van der Waals surface area contributed by atoms with Crippen LogP contribution in [0.1, 0.15) is 33.8 Å². The molecule has 1 aliphatic carbocycles. The topological polar surface area (TPSA) is 41.6 Å². The number of hydrogen-bond donors (Lipinski definition) is 1. The number of halogens is 3. The van der Waals surface area contributed by atoms with Crippen LogP contribution in [0.3, 0.4) is 0 Å². The number of benzene rings is 2. The van der Waals surface area contributed by atoms with E-state index in [1.165, 1.54) is 17.5 Å². The molecule has 0 spiro atoms. The highest BCUT2D eigenvalue weighted by atomic mass is 79.9. The Morgan fingerprint density at radius 2 is 1.81 bits per heavy atom. The number of nitrogens with one attached hydrogen (secondary N) is 1. The van der Waals surface area contributed by atoms with E-state index in [1.54, 1.807) is 36.7 Å². The van der Waals surface area contributed by atoms with Crippen LogP contribution in [0.25, 0.3) is 0 Å². The third-order valence-electron chi connectivity index (χ3n) is 4.70. The second-order valence-corrected chi connectivity index (χ2v) is 8.13. The lowest BCUT2D eigenvalue weighted by Gasteiger charge is -2.18. The van der Waals surface area contributed by atoms with Gasteiger partial charge >= 0.3 is 0 Å². The molecule has 1 amide bonds. The maximum absolute atomic E-state index is 15.4. The van der Waals surface area contributed by atoms with Gasteiger partial charge in [0.15, 0.2) is 0 Å². The zero-order valence-corrected chi connectivity index (χ0v) is 17.2. The Kier molecular flexibility index (Phi) is 4.82. The molecule has 1 aliphatic heterocycles. The molecule has 2 aromatic rings. The zero-order chi connectivity index (χ0) is 19.0. The molecule has 0 saturated heterocycles. The van der Waals surface area contributed by atoms with Gasteiger partial charge < -0.3 is 4.74 Å². The molecule has 4 nitrogen and oxygen atoms in total. The molecule has 2 aromatic carbocycles. The minimum absolute atomic E-state index is 0.176. The van der Waals surface area contributed by atoms with Gasteiger partial charge in [0.05, 0.1) is 12.4 Å². The molecule has 27 heavy (non-hydrogen) atoms. The minimum Gasteiger partial charge on any atom is -0.469 e. The maximum Gasteiger partial charge on any atom is 0.270 e. The van der Waals surface area contributed by atoms with Crippen molar-refractivity contribution in [3.63, 3.8) is 0 Å². The normalized spacial score (nSPS) is 23.1. The molecule has 4 rings (SSSR count). The molecule has 2 aliphatic rings. The summed E-state index contributed by atoms with van der Waals surface area (Å²) in [6, 6.07) is 12.5. The Balaban J connectivity index is 1.46. The summed E-state index contributed by atoms with van der Waals surface area (Å²) in [4.78, 5) is 12.3. The van der Waals surface area contributed by atoms with E-state index in [4.69, 9.17) is 4.74 Å². The monoisotopic (exact) mass is 492 g/mol. The van der Waals surface area contributed by atoms with E-state index < -0.39 is 5.67 Å². The first kappa shape index (κ1) is 18.3. The van der Waals surface area contributed by atoms with Gasteiger partial charge in [-0.2, -0.15) is 0 Å². The lowest BCUT2D eigenvalue weighted by atomic mass is 10.0. The van der Waals surface area contributed by atoms with E-state index in [-0.39, 0.29) is 11.8 Å². The van der Waals surface area contributed by atoms with Crippen molar-refractivity contribution in [3.8, 4) is 0 Å². The van der Waals surface area contributed by atoms with E-state index in [0.29, 0.717) is 17.5 Å². The second-order valence-electron chi connectivity index (χ2n) is 6.42. The van der Waals surface area contributed by atoms with Gasteiger partial charge in [0.1, 0.15) is 18.2 Å². The van der Waals surface area contributed by atoms with Crippen molar-refractivity contribution in [1.82, 2.24) is 10.4 Å². The fourth-order valence-corrected chi connectivity index (χ4v) is 3.76. The summed E-state index contributed by atoms with van der Waals surface area (Å²) >= 11 is 6.90. The van der Waals surface area contributed by atoms with Gasteiger partial charge in [-0.15, -0.1) is 0 Å². The molecule has 1 heterocycles. The van der Waals surface area contributed by atoms with E-state index in [9.17, 15) is 4.79 Å². The van der Waals surface area contributed by atoms with Gasteiger partial charge in [0.25, 0.3) is 5.91 Å². The molecule has 2 unspecified atom stereocenters. The standard InChI is InChI=1S/C20H15Br2FN2O2/c21-17-6-3-14(11-18(17)22)16-12-20(16,23)15-4-1-13(2-5-15)19(26)24-25-7-9-27-10-8-25/h1-11,16H,12H2,(H,24,26). The molecule has 1 N–H and O–H groups in total. The summed E-state index contributed by atoms with van der Waals surface area (Å²) in [6.45, 7) is 0. The van der Waals surface area contributed by atoms with Crippen molar-refractivity contribution in [3.05, 3.63) is 93.0 Å². The second kappa shape index (κ2) is 7.13. The molecule has 1 saturated carbocycles. The molecule has 1 fully saturated rings. The Morgan fingerprint density at radius 3 is 2.48 bits per heavy atom. The number of rotatable bonds is 4. The van der Waals surface area contributed by atoms with Crippen molar-refractivity contribution < 1.29 is 13.9 Å². The Morgan fingerprint density at radius 1 is 1.11 bits per heavy atom. The van der Waals surface area contributed by atoms with Crippen LogP contribution in [-0.2, 0) is 10.4 Å². The Hall–Kier alpha value is -2.12. The predicted octanol–water partition coefficient (Wildman–Crippen LogP) is 5.48. The van der Waals surface area contributed by atoms with E-state index in [0.717, 1.165) is 14.5 Å². The summed E-state index contributed by atoms with van der Waals surface area (Å²) in [7, 11) is 0. The fraction of sp³-hybridized carbons (Fsp3) is 0.150.